The highest BCUT2D eigenvalue weighted by molar-refractivity contribution is 6.29. The molecule has 0 N–H and O–H groups in total. The molecule has 0 aromatic heterocycles. The molecule has 0 nitrogen and oxygen atoms in total. The average Bonchev–Trinajstić information content (AvgIpc) is 1.50. The molecule has 1 spiro atoms. The number of hydrogen-bond acceptors (Lipinski definition) is 0. The van der Waals surface area contributed by atoms with E-state index in [1.807, 2.05) is 0 Å². The van der Waals surface area contributed by atoms with E-state index in [9.17, 15) is 0 Å². The van der Waals surface area contributed by atoms with Gasteiger partial charge in [-0.1, -0.05) is 352 Å². The highest BCUT2D eigenvalue weighted by Gasteiger charge is 2.52. The van der Waals surface area contributed by atoms with Crippen molar-refractivity contribution in [2.24, 2.45) is 0 Å². The van der Waals surface area contributed by atoms with Crippen LogP contribution in [0.25, 0.3) is 241 Å². The topological polar surface area (TPSA) is 0 Å². The van der Waals surface area contributed by atoms with Crippen LogP contribution >= 0.6 is 0 Å². The van der Waals surface area contributed by atoms with E-state index in [-0.39, 0.29) is 0 Å². The van der Waals surface area contributed by atoms with Crippen molar-refractivity contribution in [3.63, 3.8) is 0 Å². The van der Waals surface area contributed by atoms with Crippen LogP contribution in [0.1, 0.15) is 22.3 Å². The van der Waals surface area contributed by atoms with Crippen LogP contribution in [0.4, 0.5) is 0 Å². The molecule has 0 heteroatoms. The van der Waals surface area contributed by atoms with E-state index < -0.39 is 5.41 Å². The molecule has 0 bridgehead atoms. The Kier molecular flexibility index (Phi) is 12.4. The van der Waals surface area contributed by atoms with Gasteiger partial charge in [0.05, 0.1) is 5.41 Å². The third kappa shape index (κ3) is 8.64. The van der Waals surface area contributed by atoms with Crippen molar-refractivity contribution in [1.82, 2.24) is 0 Å². The molecule has 113 heavy (non-hydrogen) atoms. The minimum absolute atomic E-state index is 0.748. The lowest BCUT2D eigenvalue weighted by molar-refractivity contribution is 0.795. The maximum Gasteiger partial charge on any atom is 0.0726 e. The molecule has 0 radical (unpaired) electrons. The van der Waals surface area contributed by atoms with Gasteiger partial charge in [-0.25, -0.2) is 0 Å². The highest BCUT2D eigenvalue weighted by atomic mass is 14.5. The molecule has 0 heterocycles. The van der Waals surface area contributed by atoms with Gasteiger partial charge in [-0.3, -0.25) is 0 Å². The smallest absolute Gasteiger partial charge is 0.0610 e. The van der Waals surface area contributed by atoms with Crippen LogP contribution in [0.2, 0.25) is 0 Å². The summed E-state index contributed by atoms with van der Waals surface area (Å²) in [5, 5.41) is 31.2. The molecule has 516 valence electrons. The number of hydrogen-bond donors (Lipinski definition) is 0. The van der Waals surface area contributed by atoms with Gasteiger partial charge < -0.3 is 0 Å². The van der Waals surface area contributed by atoms with Crippen LogP contribution in [-0.4, -0.2) is 0 Å². The van der Waals surface area contributed by atoms with E-state index in [1.165, 1.54) is 263 Å². The molecule has 0 saturated heterocycles. The second-order valence-electron chi connectivity index (χ2n) is 32.0. The molecule has 0 atom stereocenters. The molecule has 0 fully saturated rings. The third-order valence-corrected chi connectivity index (χ3v) is 26.5. The van der Waals surface area contributed by atoms with Gasteiger partial charge in [-0.05, 0) is 299 Å². The highest BCUT2D eigenvalue weighted by Crippen LogP contribution is 2.65. The first kappa shape index (κ1) is 61.3. The van der Waals surface area contributed by atoms with Crippen LogP contribution in [-0.2, 0) is 5.41 Å². The predicted octanol–water partition coefficient (Wildman–Crippen LogP) is 31.0. The zero-order valence-electron chi connectivity index (χ0n) is 61.5. The van der Waals surface area contributed by atoms with E-state index in [4.69, 9.17) is 0 Å². The molecule has 2 aliphatic rings. The van der Waals surface area contributed by atoms with Gasteiger partial charge in [0, 0.05) is 0 Å². The molecule has 2 aliphatic carbocycles. The second kappa shape index (κ2) is 22.8. The summed E-state index contributed by atoms with van der Waals surface area (Å²) in [6.45, 7) is 0. The van der Waals surface area contributed by atoms with E-state index in [1.54, 1.807) is 0 Å². The van der Waals surface area contributed by atoms with Crippen LogP contribution in [0.3, 0.4) is 0 Å². The summed E-state index contributed by atoms with van der Waals surface area (Å²) in [4.78, 5) is 0. The molecule has 24 aromatic carbocycles. The Morgan fingerprint density at radius 2 is 0.301 bits per heavy atom. The lowest BCUT2D eigenvalue weighted by Gasteiger charge is -2.32. The minimum atomic E-state index is -0.748. The maximum absolute atomic E-state index is 2.57. The Balaban J connectivity index is 0.654. The Labute approximate surface area is 652 Å². The van der Waals surface area contributed by atoms with E-state index >= 15 is 0 Å². The van der Waals surface area contributed by atoms with Crippen molar-refractivity contribution >= 4 is 129 Å². The van der Waals surface area contributed by atoms with Gasteiger partial charge in [0.25, 0.3) is 0 Å². The van der Waals surface area contributed by atoms with Crippen molar-refractivity contribution in [3.8, 4) is 111 Å². The van der Waals surface area contributed by atoms with Gasteiger partial charge >= 0.3 is 0 Å². The molecule has 0 amide bonds. The number of rotatable bonds is 8. The zero-order valence-corrected chi connectivity index (χ0v) is 61.5. The SMILES string of the molecule is c1cc2ccc3cc(-c4ccc(-c5ccc6c(c5)C5(c7cc(-c8ccc(-c9ccc%10ccc%11cccc%12ccc9c%10c%11%12)cc8)ccc7-6)c6cc(-c7ccc(-c8ccc9ccc%10cccc%11ccc8c9c%10%11)cc7)ccc6-c6ccc(-c7ccc(-c8ccc9ccc%10cccc%11ccc8c9c%10%11)cc7)cc65)cc4)cc4ccc(c1)c2c34. The van der Waals surface area contributed by atoms with Crippen molar-refractivity contribution in [3.05, 3.63) is 411 Å². The first-order valence-electron chi connectivity index (χ1n) is 39.6. The lowest BCUT2D eigenvalue weighted by atomic mass is 9.69. The molecule has 0 saturated carbocycles. The third-order valence-electron chi connectivity index (χ3n) is 26.5. The second-order valence-corrected chi connectivity index (χ2v) is 32.0. The van der Waals surface area contributed by atoms with Crippen molar-refractivity contribution in [2.45, 2.75) is 5.41 Å². The fourth-order valence-electron chi connectivity index (χ4n) is 21.2. The summed E-state index contributed by atoms with van der Waals surface area (Å²) < 4.78 is 0. The number of fused-ring (bicyclic) bond motifs is 10. The van der Waals surface area contributed by atoms with Gasteiger partial charge in [0.1, 0.15) is 0 Å². The van der Waals surface area contributed by atoms with Crippen LogP contribution in [0.15, 0.2) is 388 Å². The predicted molar refractivity (Wildman–Crippen MR) is 481 cm³/mol. The Bertz CT molecular complexity index is 7540. The zero-order chi connectivity index (χ0) is 73.5. The molecule has 0 unspecified atom stereocenters. The van der Waals surface area contributed by atoms with Gasteiger partial charge in [0.15, 0.2) is 0 Å². The first-order chi connectivity index (χ1) is 55.9. The summed E-state index contributed by atoms with van der Waals surface area (Å²) in [5.41, 5.74) is 28.7. The summed E-state index contributed by atoms with van der Waals surface area (Å²) in [5.74, 6) is 0. The summed E-state index contributed by atoms with van der Waals surface area (Å²) in [7, 11) is 0. The molecular formula is C113H64. The molecule has 24 aromatic rings. The molecular weight excluding hydrogens is 1360 g/mol. The van der Waals surface area contributed by atoms with E-state index in [0.717, 1.165) is 0 Å². The van der Waals surface area contributed by atoms with Gasteiger partial charge in [-0.15, -0.1) is 0 Å². The van der Waals surface area contributed by atoms with Crippen molar-refractivity contribution < 1.29 is 0 Å². The maximum atomic E-state index is 2.57. The standard InChI is InChI=1S/C113H64/c1-5-73-35-37-88-59-90(60-89-38-36-74(6-1)105(73)109(88)89)69-15-13-65(14-16-69)84-45-52-94-95-53-46-85(66-17-23-70(24-18-66)91-49-39-81-32-29-75-7-2-10-78-42-56-98(91)110(81)106(75)78)62-102(95)113(101(94)61-84)103-63-86(67-19-25-71(26-20-67)92-50-40-82-33-30-76-8-3-11-79-43-57-99(92)111(82)107(76)79)47-54-96(103)97-55-48-87(64-104(97)113)68-21-27-72(28-22-68)93-51-41-83-34-31-77-9-4-12-80-44-58-100(93)112(83)108(77)80/h1-64H. The first-order valence-corrected chi connectivity index (χ1v) is 39.6. The van der Waals surface area contributed by atoms with Crippen molar-refractivity contribution in [2.75, 3.05) is 0 Å². The Morgan fingerprint density at radius 1 is 0.115 bits per heavy atom. The Hall–Kier alpha value is -14.6. The van der Waals surface area contributed by atoms with E-state index in [0.29, 0.717) is 0 Å². The number of benzene rings is 24. The van der Waals surface area contributed by atoms with Gasteiger partial charge in [0.2, 0.25) is 0 Å². The fraction of sp³-hybridized carbons (Fsp3) is 0.00885. The monoisotopic (exact) mass is 1420 g/mol. The quantitative estimate of drug-likeness (QED) is 0.133. The average molecular weight is 1420 g/mol. The van der Waals surface area contributed by atoms with E-state index in [2.05, 4.69) is 388 Å². The van der Waals surface area contributed by atoms with Gasteiger partial charge in [-0.2, -0.15) is 0 Å². The summed E-state index contributed by atoms with van der Waals surface area (Å²) in [6.07, 6.45) is 0. The minimum Gasteiger partial charge on any atom is -0.0610 e. The van der Waals surface area contributed by atoms with Crippen LogP contribution in [0.5, 0.6) is 0 Å². The summed E-state index contributed by atoms with van der Waals surface area (Å²) in [6, 6.07) is 149. The van der Waals surface area contributed by atoms with Crippen LogP contribution < -0.4 is 0 Å². The molecule has 26 rings (SSSR count). The normalized spacial score (nSPS) is 13.0. The largest absolute Gasteiger partial charge is 0.0726 e. The summed E-state index contributed by atoms with van der Waals surface area (Å²) >= 11 is 0. The fourth-order valence-corrected chi connectivity index (χ4v) is 21.2. The van der Waals surface area contributed by atoms with Crippen molar-refractivity contribution in [1.29, 1.82) is 0 Å². The van der Waals surface area contributed by atoms with Crippen LogP contribution in [0, 0.1) is 0 Å². The lowest BCUT2D eigenvalue weighted by Crippen LogP contribution is -2.26. The Morgan fingerprint density at radius 3 is 0.575 bits per heavy atom. The molecule has 0 aliphatic heterocycles.